The van der Waals surface area contributed by atoms with Crippen LogP contribution >= 0.6 is 0 Å². The van der Waals surface area contributed by atoms with Crippen molar-refractivity contribution in [3.63, 3.8) is 0 Å². The highest BCUT2D eigenvalue weighted by atomic mass is 19.1. The van der Waals surface area contributed by atoms with E-state index in [4.69, 9.17) is 0 Å². The fourth-order valence-corrected chi connectivity index (χ4v) is 2.79. The van der Waals surface area contributed by atoms with Crippen molar-refractivity contribution in [2.75, 3.05) is 5.32 Å². The predicted octanol–water partition coefficient (Wildman–Crippen LogP) is 5.10. The van der Waals surface area contributed by atoms with Gasteiger partial charge in [0, 0.05) is 17.4 Å². The van der Waals surface area contributed by atoms with E-state index >= 15 is 0 Å². The molecule has 0 fully saturated rings. The van der Waals surface area contributed by atoms with Crippen LogP contribution in [0.15, 0.2) is 54.7 Å². The van der Waals surface area contributed by atoms with Gasteiger partial charge in [-0.15, -0.1) is 0 Å². The number of benzene rings is 2. The maximum atomic E-state index is 13.0. The molecular formula is C20H21FN2O. The van der Waals surface area contributed by atoms with E-state index in [-0.39, 0.29) is 17.8 Å². The van der Waals surface area contributed by atoms with Gasteiger partial charge in [-0.25, -0.2) is 4.39 Å². The molecule has 3 nitrogen and oxygen atoms in total. The first kappa shape index (κ1) is 16.2. The zero-order chi connectivity index (χ0) is 17.3. The molecule has 0 aliphatic rings. The lowest BCUT2D eigenvalue weighted by atomic mass is 10.0. The minimum atomic E-state index is -0.363. The molecule has 1 amide bonds. The topological polar surface area (TPSA) is 34.0 Å². The third-order valence-electron chi connectivity index (χ3n) is 4.32. The molecule has 4 heteroatoms. The van der Waals surface area contributed by atoms with Gasteiger partial charge < -0.3 is 9.88 Å². The van der Waals surface area contributed by atoms with E-state index in [0.717, 1.165) is 10.9 Å². The van der Waals surface area contributed by atoms with E-state index in [9.17, 15) is 9.18 Å². The first-order valence-corrected chi connectivity index (χ1v) is 8.12. The number of hydrogen-bond acceptors (Lipinski definition) is 1. The van der Waals surface area contributed by atoms with E-state index < -0.39 is 0 Å². The molecule has 0 spiro atoms. The van der Waals surface area contributed by atoms with Crippen molar-refractivity contribution in [1.82, 2.24) is 4.57 Å². The molecule has 1 atom stereocenters. The van der Waals surface area contributed by atoms with Crippen LogP contribution in [0.1, 0.15) is 38.3 Å². The Balaban J connectivity index is 1.83. The Morgan fingerprint density at radius 1 is 1.04 bits per heavy atom. The third kappa shape index (κ3) is 3.18. The first-order chi connectivity index (χ1) is 11.5. The largest absolute Gasteiger partial charge is 0.335 e. The van der Waals surface area contributed by atoms with Crippen LogP contribution in [0.3, 0.4) is 0 Å². The average molecular weight is 324 g/mol. The SMILES string of the molecule is CC(C)c1ccc2c(ccn2C(C)C(=O)Nc2ccc(F)cc2)c1. The van der Waals surface area contributed by atoms with Crippen LogP contribution in [0.2, 0.25) is 0 Å². The zero-order valence-corrected chi connectivity index (χ0v) is 14.1. The molecule has 1 unspecified atom stereocenters. The summed E-state index contributed by atoms with van der Waals surface area (Å²) in [6, 6.07) is 13.8. The van der Waals surface area contributed by atoms with Gasteiger partial charge in [-0.05, 0) is 66.3 Å². The number of anilines is 1. The molecule has 0 radical (unpaired) electrons. The van der Waals surface area contributed by atoms with Gasteiger partial charge >= 0.3 is 0 Å². The molecule has 124 valence electrons. The summed E-state index contributed by atoms with van der Waals surface area (Å²) in [7, 11) is 0. The van der Waals surface area contributed by atoms with Crippen LogP contribution in [-0.2, 0) is 4.79 Å². The number of nitrogens with one attached hydrogen (secondary N) is 1. The normalized spacial score (nSPS) is 12.5. The Kier molecular flexibility index (Phi) is 4.38. The number of amides is 1. The molecule has 1 aromatic heterocycles. The van der Waals surface area contributed by atoms with Crippen molar-refractivity contribution in [2.24, 2.45) is 0 Å². The predicted molar refractivity (Wildman–Crippen MR) is 95.8 cm³/mol. The van der Waals surface area contributed by atoms with Gasteiger partial charge in [0.05, 0.1) is 0 Å². The molecule has 0 aliphatic heterocycles. The van der Waals surface area contributed by atoms with Crippen molar-refractivity contribution in [3.8, 4) is 0 Å². The van der Waals surface area contributed by atoms with Gasteiger partial charge in [0.25, 0.3) is 0 Å². The minimum Gasteiger partial charge on any atom is -0.335 e. The van der Waals surface area contributed by atoms with Gasteiger partial charge in [0.15, 0.2) is 0 Å². The number of nitrogens with zero attached hydrogens (tertiary/aromatic N) is 1. The van der Waals surface area contributed by atoms with Crippen LogP contribution in [-0.4, -0.2) is 10.5 Å². The Hall–Kier alpha value is -2.62. The monoisotopic (exact) mass is 324 g/mol. The number of halogens is 1. The quantitative estimate of drug-likeness (QED) is 0.711. The van der Waals surface area contributed by atoms with Crippen LogP contribution in [0.5, 0.6) is 0 Å². The standard InChI is InChI=1S/C20H21FN2O/c1-13(2)15-4-9-19-16(12-15)10-11-23(19)14(3)20(24)22-18-7-5-17(21)6-8-18/h4-14H,1-3H3,(H,22,24). The van der Waals surface area contributed by atoms with Gasteiger partial charge in [-0.1, -0.05) is 19.9 Å². The van der Waals surface area contributed by atoms with Gasteiger partial charge in [0.2, 0.25) is 5.91 Å². The second kappa shape index (κ2) is 6.48. The summed E-state index contributed by atoms with van der Waals surface area (Å²) in [5, 5.41) is 3.95. The highest BCUT2D eigenvalue weighted by Gasteiger charge is 2.17. The molecule has 0 saturated heterocycles. The molecule has 0 bridgehead atoms. The van der Waals surface area contributed by atoms with Gasteiger partial charge in [0.1, 0.15) is 11.9 Å². The van der Waals surface area contributed by atoms with Crippen molar-refractivity contribution < 1.29 is 9.18 Å². The lowest BCUT2D eigenvalue weighted by molar-refractivity contribution is -0.118. The van der Waals surface area contributed by atoms with E-state index in [2.05, 4.69) is 37.4 Å². The summed E-state index contributed by atoms with van der Waals surface area (Å²) in [4.78, 5) is 12.5. The third-order valence-corrected chi connectivity index (χ3v) is 4.32. The molecule has 1 N–H and O–H groups in total. The molecule has 0 saturated carbocycles. The lowest BCUT2D eigenvalue weighted by Crippen LogP contribution is -2.23. The summed E-state index contributed by atoms with van der Waals surface area (Å²) < 4.78 is 14.9. The number of carbonyl (C=O) groups excluding carboxylic acids is 1. The van der Waals surface area contributed by atoms with Crippen molar-refractivity contribution in [3.05, 3.63) is 66.1 Å². The second-order valence-electron chi connectivity index (χ2n) is 6.37. The first-order valence-electron chi connectivity index (χ1n) is 8.12. The van der Waals surface area contributed by atoms with Crippen LogP contribution in [0.25, 0.3) is 10.9 Å². The Labute approximate surface area is 141 Å². The van der Waals surface area contributed by atoms with E-state index in [1.165, 1.54) is 17.7 Å². The summed E-state index contributed by atoms with van der Waals surface area (Å²) in [6.45, 7) is 6.18. The second-order valence-corrected chi connectivity index (χ2v) is 6.37. The molecule has 3 aromatic rings. The lowest BCUT2D eigenvalue weighted by Gasteiger charge is -2.16. The van der Waals surface area contributed by atoms with Crippen LogP contribution in [0, 0.1) is 5.82 Å². The maximum Gasteiger partial charge on any atom is 0.247 e. The molecular weight excluding hydrogens is 303 g/mol. The number of rotatable bonds is 4. The number of fused-ring (bicyclic) bond motifs is 1. The molecule has 0 aliphatic carbocycles. The number of aromatic nitrogens is 1. The van der Waals surface area contributed by atoms with E-state index in [1.807, 2.05) is 23.8 Å². The smallest absolute Gasteiger partial charge is 0.247 e. The van der Waals surface area contributed by atoms with Crippen molar-refractivity contribution in [1.29, 1.82) is 0 Å². The molecule has 1 heterocycles. The highest BCUT2D eigenvalue weighted by molar-refractivity contribution is 5.95. The Bertz CT molecular complexity index is 865. The number of hydrogen-bond donors (Lipinski definition) is 1. The fourth-order valence-electron chi connectivity index (χ4n) is 2.79. The fraction of sp³-hybridized carbons (Fsp3) is 0.250. The van der Waals surface area contributed by atoms with Crippen LogP contribution < -0.4 is 5.32 Å². The Morgan fingerprint density at radius 2 is 1.75 bits per heavy atom. The summed E-state index contributed by atoms with van der Waals surface area (Å²) >= 11 is 0. The van der Waals surface area contributed by atoms with Gasteiger partial charge in [-0.3, -0.25) is 4.79 Å². The van der Waals surface area contributed by atoms with Crippen molar-refractivity contribution in [2.45, 2.75) is 32.7 Å². The maximum absolute atomic E-state index is 13.0. The van der Waals surface area contributed by atoms with Crippen molar-refractivity contribution >= 4 is 22.5 Å². The molecule has 2 aromatic carbocycles. The highest BCUT2D eigenvalue weighted by Crippen LogP contribution is 2.25. The van der Waals surface area contributed by atoms with E-state index in [1.54, 1.807) is 12.1 Å². The summed E-state index contributed by atoms with van der Waals surface area (Å²) in [5.41, 5.74) is 2.90. The summed E-state index contributed by atoms with van der Waals surface area (Å²) in [6.07, 6.45) is 1.93. The van der Waals surface area contributed by atoms with Crippen LogP contribution in [0.4, 0.5) is 10.1 Å². The molecule has 24 heavy (non-hydrogen) atoms. The molecule has 3 rings (SSSR count). The zero-order valence-electron chi connectivity index (χ0n) is 14.1. The number of carbonyl (C=O) groups is 1. The minimum absolute atomic E-state index is 0.132. The average Bonchev–Trinajstić information content (AvgIpc) is 2.99. The Morgan fingerprint density at radius 3 is 2.42 bits per heavy atom. The van der Waals surface area contributed by atoms with E-state index in [0.29, 0.717) is 11.6 Å². The summed E-state index contributed by atoms with van der Waals surface area (Å²) in [5.74, 6) is 0.0161. The van der Waals surface area contributed by atoms with Gasteiger partial charge in [-0.2, -0.15) is 0 Å².